The lowest BCUT2D eigenvalue weighted by atomic mass is 10.2. The van der Waals surface area contributed by atoms with Crippen LogP contribution < -0.4 is 5.32 Å². The predicted molar refractivity (Wildman–Crippen MR) is 72.7 cm³/mol. The van der Waals surface area contributed by atoms with Gasteiger partial charge >= 0.3 is 0 Å². The highest BCUT2D eigenvalue weighted by atomic mass is 16.2. The van der Waals surface area contributed by atoms with Crippen molar-refractivity contribution in [2.45, 2.75) is 33.6 Å². The van der Waals surface area contributed by atoms with Gasteiger partial charge in [0.1, 0.15) is 11.6 Å². The molecule has 0 spiro atoms. The quantitative estimate of drug-likeness (QED) is 0.865. The monoisotopic (exact) mass is 250 g/mol. The smallest absolute Gasteiger partial charge is 0.241 e. The molecule has 0 atom stereocenters. The highest BCUT2D eigenvalue weighted by Crippen LogP contribution is 2.13. The summed E-state index contributed by atoms with van der Waals surface area (Å²) < 4.78 is 0. The van der Waals surface area contributed by atoms with Gasteiger partial charge in [0, 0.05) is 31.3 Å². The third kappa shape index (κ3) is 3.98. The number of carbonyl (C=O) groups excluding carboxylic acids is 1. The lowest BCUT2D eigenvalue weighted by Crippen LogP contribution is -2.32. The number of hydrogen-bond acceptors (Lipinski definition) is 4. The lowest BCUT2D eigenvalue weighted by molar-refractivity contribution is -0.127. The first-order chi connectivity index (χ1) is 8.43. The van der Waals surface area contributed by atoms with Crippen molar-refractivity contribution < 1.29 is 4.79 Å². The van der Waals surface area contributed by atoms with Crippen LogP contribution in [-0.2, 0) is 4.79 Å². The van der Waals surface area contributed by atoms with Crippen molar-refractivity contribution in [3.8, 4) is 0 Å². The van der Waals surface area contributed by atoms with E-state index in [1.165, 1.54) is 0 Å². The second kappa shape index (κ2) is 6.33. The molecule has 0 aliphatic carbocycles. The fourth-order valence-electron chi connectivity index (χ4n) is 1.42. The van der Waals surface area contributed by atoms with Crippen LogP contribution in [0.5, 0.6) is 0 Å². The summed E-state index contributed by atoms with van der Waals surface area (Å²) in [7, 11) is 1.79. The number of nitrogens with one attached hydrogen (secondary N) is 1. The molecule has 1 amide bonds. The van der Waals surface area contributed by atoms with Crippen molar-refractivity contribution in [2.24, 2.45) is 0 Å². The second-order valence-electron chi connectivity index (χ2n) is 4.67. The number of carbonyl (C=O) groups is 1. The molecule has 1 heterocycles. The van der Waals surface area contributed by atoms with E-state index in [-0.39, 0.29) is 18.4 Å². The third-order valence-corrected chi connectivity index (χ3v) is 2.71. The molecule has 1 aromatic heterocycles. The van der Waals surface area contributed by atoms with Gasteiger partial charge in [-0.3, -0.25) is 4.79 Å². The van der Waals surface area contributed by atoms with Crippen molar-refractivity contribution in [2.75, 3.05) is 25.5 Å². The van der Waals surface area contributed by atoms with E-state index >= 15 is 0 Å². The van der Waals surface area contributed by atoms with Crippen LogP contribution in [0.3, 0.4) is 0 Å². The Morgan fingerprint density at radius 2 is 2.11 bits per heavy atom. The SMILES string of the molecule is CCN(C)C(=O)CNc1cc(C)nc(C(C)C)n1. The molecule has 5 heteroatoms. The van der Waals surface area contributed by atoms with E-state index in [2.05, 4.69) is 29.1 Å². The maximum Gasteiger partial charge on any atom is 0.241 e. The minimum atomic E-state index is 0.0554. The maximum absolute atomic E-state index is 11.7. The van der Waals surface area contributed by atoms with Crippen LogP contribution in [-0.4, -0.2) is 40.9 Å². The molecule has 0 bridgehead atoms. The first-order valence-corrected chi connectivity index (χ1v) is 6.27. The molecule has 0 aliphatic rings. The Balaban J connectivity index is 2.70. The minimum absolute atomic E-state index is 0.0554. The number of likely N-dealkylation sites (N-methyl/N-ethyl adjacent to an activating group) is 1. The fraction of sp³-hybridized carbons (Fsp3) is 0.615. The number of hydrogen-bond donors (Lipinski definition) is 1. The van der Waals surface area contributed by atoms with Crippen molar-refractivity contribution in [1.29, 1.82) is 0 Å². The number of rotatable bonds is 5. The summed E-state index contributed by atoms with van der Waals surface area (Å²) >= 11 is 0. The van der Waals surface area contributed by atoms with Gasteiger partial charge in [0.2, 0.25) is 5.91 Å². The maximum atomic E-state index is 11.7. The molecule has 0 saturated heterocycles. The zero-order valence-electron chi connectivity index (χ0n) is 11.8. The van der Waals surface area contributed by atoms with Gasteiger partial charge in [0.25, 0.3) is 0 Å². The van der Waals surface area contributed by atoms with Gasteiger partial charge in [0.05, 0.1) is 6.54 Å². The van der Waals surface area contributed by atoms with E-state index in [0.29, 0.717) is 12.4 Å². The number of aromatic nitrogens is 2. The third-order valence-electron chi connectivity index (χ3n) is 2.71. The van der Waals surface area contributed by atoms with Crippen LogP contribution in [0.4, 0.5) is 5.82 Å². The standard InChI is InChI=1S/C13H22N4O/c1-6-17(5)12(18)8-14-11-7-10(4)15-13(16-11)9(2)3/h7,9H,6,8H2,1-5H3,(H,14,15,16). The number of aryl methyl sites for hydroxylation is 1. The molecule has 1 aromatic rings. The summed E-state index contributed by atoms with van der Waals surface area (Å²) in [5.74, 6) is 1.84. The van der Waals surface area contributed by atoms with Crippen molar-refractivity contribution in [3.05, 3.63) is 17.6 Å². The Hall–Kier alpha value is -1.65. The first kappa shape index (κ1) is 14.4. The molecule has 0 aromatic carbocycles. The highest BCUT2D eigenvalue weighted by molar-refractivity contribution is 5.80. The van der Waals surface area contributed by atoms with Gasteiger partial charge in [-0.25, -0.2) is 9.97 Å². The van der Waals surface area contributed by atoms with Gasteiger partial charge in [-0.15, -0.1) is 0 Å². The number of anilines is 1. The Morgan fingerprint density at radius 1 is 1.44 bits per heavy atom. The van der Waals surface area contributed by atoms with Crippen molar-refractivity contribution in [3.63, 3.8) is 0 Å². The highest BCUT2D eigenvalue weighted by Gasteiger charge is 2.09. The predicted octanol–water partition coefficient (Wildman–Crippen LogP) is 1.80. The van der Waals surface area contributed by atoms with Crippen LogP contribution in [0, 0.1) is 6.92 Å². The van der Waals surface area contributed by atoms with Gasteiger partial charge in [-0.1, -0.05) is 13.8 Å². The zero-order chi connectivity index (χ0) is 13.7. The summed E-state index contributed by atoms with van der Waals surface area (Å²) in [5, 5.41) is 3.05. The van der Waals surface area contributed by atoms with E-state index < -0.39 is 0 Å². The van der Waals surface area contributed by atoms with E-state index in [1.807, 2.05) is 19.9 Å². The minimum Gasteiger partial charge on any atom is -0.361 e. The van der Waals surface area contributed by atoms with Crippen molar-refractivity contribution >= 4 is 11.7 Å². The first-order valence-electron chi connectivity index (χ1n) is 6.27. The summed E-state index contributed by atoms with van der Waals surface area (Å²) in [4.78, 5) is 22.1. The molecule has 1 N–H and O–H groups in total. The van der Waals surface area contributed by atoms with E-state index in [1.54, 1.807) is 11.9 Å². The molecule has 5 nitrogen and oxygen atoms in total. The molecule has 18 heavy (non-hydrogen) atoms. The average Bonchev–Trinajstić information content (AvgIpc) is 2.34. The molecule has 0 radical (unpaired) electrons. The average molecular weight is 250 g/mol. The van der Waals surface area contributed by atoms with Crippen LogP contribution in [0.25, 0.3) is 0 Å². The second-order valence-corrected chi connectivity index (χ2v) is 4.67. The van der Waals surface area contributed by atoms with Crippen LogP contribution in [0.15, 0.2) is 6.07 Å². The molecule has 100 valence electrons. The van der Waals surface area contributed by atoms with Gasteiger partial charge < -0.3 is 10.2 Å². The van der Waals surface area contributed by atoms with E-state index in [0.717, 1.165) is 11.5 Å². The topological polar surface area (TPSA) is 58.1 Å². The Kier molecular flexibility index (Phi) is 5.07. The van der Waals surface area contributed by atoms with Gasteiger partial charge in [0.15, 0.2) is 0 Å². The summed E-state index contributed by atoms with van der Waals surface area (Å²) in [6, 6.07) is 1.85. The Bertz CT molecular complexity index is 417. The molecule has 0 unspecified atom stereocenters. The fourth-order valence-corrected chi connectivity index (χ4v) is 1.42. The number of amides is 1. The van der Waals surface area contributed by atoms with Crippen LogP contribution in [0.1, 0.15) is 38.2 Å². The van der Waals surface area contributed by atoms with Gasteiger partial charge in [-0.2, -0.15) is 0 Å². The zero-order valence-corrected chi connectivity index (χ0v) is 11.8. The summed E-state index contributed by atoms with van der Waals surface area (Å²) in [6.45, 7) is 8.95. The summed E-state index contributed by atoms with van der Waals surface area (Å²) in [5.41, 5.74) is 0.910. The normalized spacial score (nSPS) is 10.6. The lowest BCUT2D eigenvalue weighted by Gasteiger charge is -2.15. The Morgan fingerprint density at radius 3 is 2.67 bits per heavy atom. The molecule has 1 rings (SSSR count). The molecular weight excluding hydrogens is 228 g/mol. The van der Waals surface area contributed by atoms with E-state index in [9.17, 15) is 4.79 Å². The molecular formula is C13H22N4O. The van der Waals surface area contributed by atoms with E-state index in [4.69, 9.17) is 0 Å². The number of nitrogens with zero attached hydrogens (tertiary/aromatic N) is 3. The molecule has 0 aliphatic heterocycles. The van der Waals surface area contributed by atoms with Crippen molar-refractivity contribution in [1.82, 2.24) is 14.9 Å². The van der Waals surface area contributed by atoms with Crippen LogP contribution in [0.2, 0.25) is 0 Å². The van der Waals surface area contributed by atoms with Crippen LogP contribution >= 0.6 is 0 Å². The Labute approximate surface area is 109 Å². The largest absolute Gasteiger partial charge is 0.361 e. The van der Waals surface area contributed by atoms with Gasteiger partial charge in [-0.05, 0) is 13.8 Å². The molecule has 0 fully saturated rings. The molecule has 0 saturated carbocycles. The summed E-state index contributed by atoms with van der Waals surface area (Å²) in [6.07, 6.45) is 0.